The number of carboxylic acid groups (broad SMARTS) is 1. The van der Waals surface area contributed by atoms with Crippen LogP contribution in [0.2, 0.25) is 0 Å². The summed E-state index contributed by atoms with van der Waals surface area (Å²) in [5.74, 6) is -1.11. The summed E-state index contributed by atoms with van der Waals surface area (Å²) in [4.78, 5) is 28.9. The smallest absolute Gasteiger partial charge is 0.305 e. The molecule has 7 heteroatoms. The van der Waals surface area contributed by atoms with E-state index in [1.54, 1.807) is 18.3 Å². The van der Waals surface area contributed by atoms with Gasteiger partial charge in [-0.25, -0.2) is 4.98 Å². The molecule has 0 fully saturated rings. The molecule has 0 aromatic carbocycles. The molecule has 1 amide bonds. The highest BCUT2D eigenvalue weighted by Crippen LogP contribution is 2.28. The van der Waals surface area contributed by atoms with Crippen LogP contribution in [0.1, 0.15) is 32.9 Å². The summed E-state index contributed by atoms with van der Waals surface area (Å²) in [6.45, 7) is 5.57. The first-order valence-corrected chi connectivity index (χ1v) is 9.07. The van der Waals surface area contributed by atoms with Gasteiger partial charge >= 0.3 is 5.97 Å². The van der Waals surface area contributed by atoms with E-state index in [1.807, 2.05) is 36.7 Å². The Morgan fingerprint density at radius 2 is 2.13 bits per heavy atom. The summed E-state index contributed by atoms with van der Waals surface area (Å²) >= 11 is 3.12. The SMILES string of the molecule is CC(C)C(C)(CC(=O)O)NC(=O)Cc1csc(-c2cccs2)n1. The average Bonchev–Trinajstić information content (AvgIpc) is 3.07. The Balaban J connectivity index is 2.02. The normalized spacial score (nSPS) is 13.7. The Bertz CT molecular complexity index is 679. The van der Waals surface area contributed by atoms with Crippen molar-refractivity contribution in [2.75, 3.05) is 0 Å². The van der Waals surface area contributed by atoms with Crippen LogP contribution < -0.4 is 5.32 Å². The van der Waals surface area contributed by atoms with Crippen LogP contribution in [-0.4, -0.2) is 27.5 Å². The Morgan fingerprint density at radius 3 is 2.70 bits per heavy atom. The number of rotatable bonds is 7. The fraction of sp³-hybridized carbons (Fsp3) is 0.438. The highest BCUT2D eigenvalue weighted by atomic mass is 32.1. The van der Waals surface area contributed by atoms with Crippen LogP contribution in [-0.2, 0) is 16.0 Å². The fourth-order valence-electron chi connectivity index (χ4n) is 2.14. The standard InChI is InChI=1S/C16H20N2O3S2/c1-10(2)16(3,8-14(20)21)18-13(19)7-11-9-23-15(17-11)12-5-4-6-22-12/h4-6,9-10H,7-8H2,1-3H3,(H,18,19)(H,20,21). The van der Waals surface area contributed by atoms with E-state index < -0.39 is 11.5 Å². The highest BCUT2D eigenvalue weighted by molar-refractivity contribution is 7.20. The molecule has 2 aromatic heterocycles. The fourth-order valence-corrected chi connectivity index (χ4v) is 3.77. The largest absolute Gasteiger partial charge is 0.481 e. The number of thiazole rings is 1. The van der Waals surface area contributed by atoms with Crippen molar-refractivity contribution < 1.29 is 14.7 Å². The zero-order valence-corrected chi connectivity index (χ0v) is 15.0. The Kier molecular flexibility index (Phi) is 5.54. The number of amides is 1. The summed E-state index contributed by atoms with van der Waals surface area (Å²) in [6, 6.07) is 3.96. The first-order chi connectivity index (χ1) is 10.8. The quantitative estimate of drug-likeness (QED) is 0.800. The van der Waals surface area contributed by atoms with Gasteiger partial charge in [0.1, 0.15) is 5.01 Å². The van der Waals surface area contributed by atoms with Crippen molar-refractivity contribution in [3.05, 3.63) is 28.6 Å². The lowest BCUT2D eigenvalue weighted by Crippen LogP contribution is -2.51. The van der Waals surface area contributed by atoms with E-state index in [1.165, 1.54) is 11.3 Å². The van der Waals surface area contributed by atoms with Gasteiger partial charge in [0.05, 0.1) is 23.4 Å². The van der Waals surface area contributed by atoms with Gasteiger partial charge in [-0.1, -0.05) is 19.9 Å². The van der Waals surface area contributed by atoms with E-state index in [-0.39, 0.29) is 24.7 Å². The molecule has 2 aromatic rings. The number of thiophene rings is 1. The number of carboxylic acids is 1. The van der Waals surface area contributed by atoms with Gasteiger partial charge in [-0.2, -0.15) is 0 Å². The predicted octanol–water partition coefficient (Wildman–Crippen LogP) is 3.42. The zero-order chi connectivity index (χ0) is 17.0. The maximum absolute atomic E-state index is 12.3. The summed E-state index contributed by atoms with van der Waals surface area (Å²) in [6.07, 6.45) is 0.0533. The summed E-state index contributed by atoms with van der Waals surface area (Å²) in [7, 11) is 0. The van der Waals surface area contributed by atoms with Gasteiger partial charge in [-0.15, -0.1) is 22.7 Å². The van der Waals surface area contributed by atoms with Crippen LogP contribution in [0, 0.1) is 5.92 Å². The first-order valence-electron chi connectivity index (χ1n) is 7.31. The van der Waals surface area contributed by atoms with Gasteiger partial charge in [0.2, 0.25) is 5.91 Å². The zero-order valence-electron chi connectivity index (χ0n) is 13.3. The summed E-state index contributed by atoms with van der Waals surface area (Å²) in [5, 5.41) is 16.7. The molecule has 0 aliphatic rings. The summed E-state index contributed by atoms with van der Waals surface area (Å²) < 4.78 is 0. The third kappa shape index (κ3) is 4.62. The molecule has 0 spiro atoms. The highest BCUT2D eigenvalue weighted by Gasteiger charge is 2.32. The molecule has 2 N–H and O–H groups in total. The number of aliphatic carboxylic acids is 1. The van der Waals surface area contributed by atoms with Crippen LogP contribution >= 0.6 is 22.7 Å². The third-order valence-corrected chi connectivity index (χ3v) is 5.77. The van der Waals surface area contributed by atoms with Crippen LogP contribution in [0.4, 0.5) is 0 Å². The molecular weight excluding hydrogens is 332 g/mol. The number of nitrogens with zero attached hydrogens (tertiary/aromatic N) is 1. The van der Waals surface area contributed by atoms with Crippen molar-refractivity contribution in [3.8, 4) is 9.88 Å². The number of carbonyl (C=O) groups excluding carboxylic acids is 1. The van der Waals surface area contributed by atoms with Crippen molar-refractivity contribution in [2.24, 2.45) is 5.92 Å². The second-order valence-corrected chi connectivity index (χ2v) is 7.79. The van der Waals surface area contributed by atoms with E-state index in [0.717, 1.165) is 9.88 Å². The van der Waals surface area contributed by atoms with Crippen LogP contribution in [0.5, 0.6) is 0 Å². The van der Waals surface area contributed by atoms with E-state index in [9.17, 15) is 9.59 Å². The molecule has 1 atom stereocenters. The number of hydrogen-bond acceptors (Lipinski definition) is 5. The second kappa shape index (κ2) is 7.23. The van der Waals surface area contributed by atoms with Crippen molar-refractivity contribution in [1.29, 1.82) is 0 Å². The molecule has 2 rings (SSSR count). The minimum Gasteiger partial charge on any atom is -0.481 e. The van der Waals surface area contributed by atoms with Crippen LogP contribution in [0.3, 0.4) is 0 Å². The predicted molar refractivity (Wildman–Crippen MR) is 92.8 cm³/mol. The van der Waals surface area contributed by atoms with E-state index in [0.29, 0.717) is 5.69 Å². The monoisotopic (exact) mass is 352 g/mol. The topological polar surface area (TPSA) is 79.3 Å². The van der Waals surface area contributed by atoms with Gasteiger partial charge < -0.3 is 10.4 Å². The molecule has 2 heterocycles. The lowest BCUT2D eigenvalue weighted by molar-refractivity contribution is -0.139. The average molecular weight is 352 g/mol. The number of aromatic nitrogens is 1. The molecular formula is C16H20N2O3S2. The Morgan fingerprint density at radius 1 is 1.39 bits per heavy atom. The third-order valence-electron chi connectivity index (χ3n) is 3.84. The number of nitrogens with one attached hydrogen (secondary N) is 1. The second-order valence-electron chi connectivity index (χ2n) is 5.99. The molecule has 124 valence electrons. The van der Waals surface area contributed by atoms with Crippen LogP contribution in [0.25, 0.3) is 9.88 Å². The van der Waals surface area contributed by atoms with Crippen LogP contribution in [0.15, 0.2) is 22.9 Å². The number of hydrogen-bond donors (Lipinski definition) is 2. The molecule has 0 bridgehead atoms. The molecule has 23 heavy (non-hydrogen) atoms. The Labute approximate surface area is 143 Å². The van der Waals surface area contributed by atoms with Gasteiger partial charge in [0, 0.05) is 10.9 Å². The lowest BCUT2D eigenvalue weighted by Gasteiger charge is -2.33. The maximum atomic E-state index is 12.3. The van der Waals surface area contributed by atoms with E-state index in [2.05, 4.69) is 10.3 Å². The van der Waals surface area contributed by atoms with E-state index >= 15 is 0 Å². The van der Waals surface area contributed by atoms with Gasteiger partial charge in [0.15, 0.2) is 0 Å². The summed E-state index contributed by atoms with van der Waals surface area (Å²) in [5.41, 5.74) is -0.0625. The Hall–Kier alpha value is -1.73. The van der Waals surface area contributed by atoms with Crippen molar-refractivity contribution in [2.45, 2.75) is 39.2 Å². The molecule has 0 aliphatic carbocycles. The number of carbonyl (C=O) groups is 2. The molecule has 0 saturated carbocycles. The minimum absolute atomic E-state index is 0.0136. The minimum atomic E-state index is -0.921. The van der Waals surface area contributed by atoms with Crippen molar-refractivity contribution >= 4 is 34.6 Å². The first kappa shape index (κ1) is 17.6. The van der Waals surface area contributed by atoms with Gasteiger partial charge in [-0.05, 0) is 24.3 Å². The molecule has 1 unspecified atom stereocenters. The van der Waals surface area contributed by atoms with Gasteiger partial charge in [0.25, 0.3) is 0 Å². The van der Waals surface area contributed by atoms with Crippen molar-refractivity contribution in [1.82, 2.24) is 10.3 Å². The van der Waals surface area contributed by atoms with E-state index in [4.69, 9.17) is 5.11 Å². The van der Waals surface area contributed by atoms with Crippen molar-refractivity contribution in [3.63, 3.8) is 0 Å². The molecule has 5 nitrogen and oxygen atoms in total. The maximum Gasteiger partial charge on any atom is 0.305 e. The lowest BCUT2D eigenvalue weighted by atomic mass is 9.85. The molecule has 0 aliphatic heterocycles. The molecule has 0 saturated heterocycles. The van der Waals surface area contributed by atoms with Gasteiger partial charge in [-0.3, -0.25) is 9.59 Å². The molecule has 0 radical (unpaired) electrons.